The molecule has 0 spiro atoms. The minimum Gasteiger partial charge on any atom is -0.480 e. The van der Waals surface area contributed by atoms with E-state index in [1.165, 1.54) is 6.92 Å². The van der Waals surface area contributed by atoms with Crippen LogP contribution in [0.4, 0.5) is 14.4 Å². The molecule has 424 valence electrons. The molecule has 0 saturated heterocycles. The third kappa shape index (κ3) is 35.3. The van der Waals surface area contributed by atoms with Gasteiger partial charge in [-0.2, -0.15) is 0 Å². The van der Waals surface area contributed by atoms with Gasteiger partial charge in [0.05, 0.1) is 13.1 Å². The molecule has 4 amide bonds. The zero-order chi connectivity index (χ0) is 57.2. The molecule has 2 aromatic heterocycles. The van der Waals surface area contributed by atoms with E-state index in [9.17, 15) is 33.6 Å². The molecule has 22 nitrogen and oxygen atoms in total. The van der Waals surface area contributed by atoms with Crippen LogP contribution in [0.25, 0.3) is 0 Å². The number of hydrogen-bond donors (Lipinski definition) is 7. The molecule has 3 atom stereocenters. The van der Waals surface area contributed by atoms with Gasteiger partial charge in [0.25, 0.3) is 5.91 Å². The molecule has 0 aliphatic carbocycles. The zero-order valence-electron chi connectivity index (χ0n) is 44.3. The smallest absolute Gasteiger partial charge is 0.480 e. The molecule has 8 N–H and O–H groups in total. The molecule has 25 heteroatoms. The Hall–Kier alpha value is -6.93. The number of esters is 1. The monoisotopic (exact) mass is 1140 g/mol. The number of ether oxygens (including phenoxy) is 4. The van der Waals surface area contributed by atoms with Crippen molar-refractivity contribution in [2.24, 2.45) is 11.1 Å². The van der Waals surface area contributed by atoms with Crippen molar-refractivity contribution in [2.45, 2.75) is 116 Å². The maximum absolute atomic E-state index is 13.4. The van der Waals surface area contributed by atoms with Crippen LogP contribution in [0.1, 0.15) is 91.2 Å². The standard InChI is InChI=1S/C26H30N2O5S2.C14H20N2O4.C14H19NO5.HNO2.Na/c1-20(29)33-24(13-5-6-14-27-26(31)32-19-21-9-3-2-4-10-21)25(30)28(17-22-11-7-15-34-22)18-23-12-8-16-35-23;15-12(13(17)18)8-4-5-9-16-14(19)20-10-11-6-2-1-3-7-11;16-12(13(17)18)8-4-5-9-15-14(19)20-10-11-6-2-1-3-7-11;2-1-3;/h2-4,7-12,15-16,24H,5-6,13-14,17-19H2,1H3,(H,27,31);1-3,6-7,12H,4-5,8-10,15H2,(H,16,19)(H,17,18);1-3,6-7,12,16H,4-5,8-10H2,(H,15,19)(H,17,18);(H,2,3);/q;;;;+1/p-1/t24-;2*12-;;/m000../s1. The van der Waals surface area contributed by atoms with Crippen LogP contribution >= 0.6 is 22.7 Å². The Labute approximate surface area is 489 Å². The van der Waals surface area contributed by atoms with Crippen molar-refractivity contribution in [3.8, 4) is 0 Å². The maximum atomic E-state index is 13.4. The molecule has 0 radical (unpaired) electrons. The fraction of sp³-hybridized carbons (Fsp3) is 0.389. The Morgan fingerprint density at radius 2 is 0.949 bits per heavy atom. The largest absolute Gasteiger partial charge is 1.00 e. The van der Waals surface area contributed by atoms with E-state index in [0.717, 1.165) is 31.8 Å². The number of unbranched alkanes of at least 4 members (excludes halogenated alkanes) is 3. The summed E-state index contributed by atoms with van der Waals surface area (Å²) in [5.74, 6) is -2.92. The van der Waals surface area contributed by atoms with Crippen LogP contribution in [0, 0.1) is 10.1 Å². The van der Waals surface area contributed by atoms with Gasteiger partial charge >= 0.3 is 65.7 Å². The molecular formula is C54H69N6NaO16S2. The third-order valence-corrected chi connectivity index (χ3v) is 12.3. The van der Waals surface area contributed by atoms with E-state index in [1.807, 2.05) is 126 Å². The Bertz CT molecular complexity index is 2330. The fourth-order valence-electron chi connectivity index (χ4n) is 6.58. The predicted molar refractivity (Wildman–Crippen MR) is 292 cm³/mol. The van der Waals surface area contributed by atoms with E-state index < -0.39 is 54.4 Å². The molecule has 5 rings (SSSR count). The molecule has 0 aliphatic rings. The molecule has 0 aliphatic heterocycles. The molecule has 3 aromatic carbocycles. The molecule has 0 fully saturated rings. The normalized spacial score (nSPS) is 11.1. The summed E-state index contributed by atoms with van der Waals surface area (Å²) in [4.78, 5) is 92.4. The summed E-state index contributed by atoms with van der Waals surface area (Å²) in [6, 6.07) is 35.2. The van der Waals surface area contributed by atoms with Gasteiger partial charge in [-0.05, 0) is 97.4 Å². The van der Waals surface area contributed by atoms with Crippen molar-refractivity contribution in [1.29, 1.82) is 0 Å². The zero-order valence-corrected chi connectivity index (χ0v) is 47.9. The Kier molecular flexibility index (Phi) is 39.0. The summed E-state index contributed by atoms with van der Waals surface area (Å²) < 4.78 is 20.6. The molecule has 0 saturated carbocycles. The summed E-state index contributed by atoms with van der Waals surface area (Å²) in [6.07, 6.45) is 0.943. The number of aliphatic carboxylic acids is 2. The fourth-order valence-corrected chi connectivity index (χ4v) is 8.02. The average molecular weight is 1150 g/mol. The molecule has 0 unspecified atom stereocenters. The van der Waals surface area contributed by atoms with E-state index in [4.69, 9.17) is 50.1 Å². The Balaban J connectivity index is 0.000000610. The summed E-state index contributed by atoms with van der Waals surface area (Å²) >= 11 is 3.17. The van der Waals surface area contributed by atoms with E-state index in [1.54, 1.807) is 27.6 Å². The number of nitrogens with two attached hydrogens (primary N) is 1. The number of hydrogen-bond acceptors (Lipinski definition) is 18. The second-order valence-corrected chi connectivity index (χ2v) is 18.8. The quantitative estimate of drug-likeness (QED) is 0.00760. The van der Waals surface area contributed by atoms with Gasteiger partial charge in [0.15, 0.2) is 12.2 Å². The number of benzene rings is 3. The molecule has 0 bridgehead atoms. The number of amides is 4. The number of alkyl carbamates (subject to hydrolysis) is 3. The number of aliphatic hydroxyl groups excluding tert-OH is 1. The number of nitrogens with zero attached hydrogens (tertiary/aromatic N) is 2. The Morgan fingerprint density at radius 3 is 1.28 bits per heavy atom. The van der Waals surface area contributed by atoms with Gasteiger partial charge in [-0.1, -0.05) is 103 Å². The maximum Gasteiger partial charge on any atom is 1.00 e. The van der Waals surface area contributed by atoms with Crippen molar-refractivity contribution < 1.29 is 97.4 Å². The second-order valence-electron chi connectivity index (χ2n) is 16.8. The Morgan fingerprint density at radius 1 is 0.582 bits per heavy atom. The number of aliphatic hydroxyl groups is 1. The molecule has 5 aromatic rings. The van der Waals surface area contributed by atoms with Crippen LogP contribution in [0.15, 0.2) is 131 Å². The number of carboxylic acids is 2. The summed E-state index contributed by atoms with van der Waals surface area (Å²) in [5.41, 5.74) is 8.11. The van der Waals surface area contributed by atoms with Crippen molar-refractivity contribution in [3.05, 3.63) is 163 Å². The van der Waals surface area contributed by atoms with Crippen molar-refractivity contribution in [3.63, 3.8) is 0 Å². The summed E-state index contributed by atoms with van der Waals surface area (Å²) in [5, 5.41) is 46.9. The number of thiophene rings is 2. The molecule has 79 heavy (non-hydrogen) atoms. The first-order valence-electron chi connectivity index (χ1n) is 24.8. The van der Waals surface area contributed by atoms with Crippen LogP contribution in [0.2, 0.25) is 0 Å². The van der Waals surface area contributed by atoms with E-state index in [2.05, 4.69) is 16.0 Å². The van der Waals surface area contributed by atoms with Gasteiger partial charge in [-0.25, -0.2) is 19.2 Å². The van der Waals surface area contributed by atoms with Crippen molar-refractivity contribution in [1.82, 2.24) is 20.9 Å². The molecular weight excluding hydrogens is 1080 g/mol. The van der Waals surface area contributed by atoms with E-state index >= 15 is 0 Å². The van der Waals surface area contributed by atoms with Crippen LogP contribution < -0.4 is 51.2 Å². The number of carboxylic acid groups (broad SMARTS) is 2. The minimum absolute atomic E-state index is 0. The average Bonchev–Trinajstić information content (AvgIpc) is 4.17. The first kappa shape index (κ1) is 70.1. The van der Waals surface area contributed by atoms with Crippen LogP contribution in [-0.2, 0) is 71.0 Å². The van der Waals surface area contributed by atoms with Gasteiger partial charge < -0.3 is 71.0 Å². The third-order valence-electron chi connectivity index (χ3n) is 10.5. The second kappa shape index (κ2) is 44.0. The van der Waals surface area contributed by atoms with Crippen LogP contribution in [-0.4, -0.2) is 100 Å². The van der Waals surface area contributed by atoms with Gasteiger partial charge in [-0.3, -0.25) is 14.4 Å². The van der Waals surface area contributed by atoms with Gasteiger partial charge in [0.1, 0.15) is 25.9 Å². The van der Waals surface area contributed by atoms with E-state index in [0.29, 0.717) is 84.1 Å². The van der Waals surface area contributed by atoms with Crippen molar-refractivity contribution >= 4 is 64.8 Å². The SMILES string of the molecule is CC(=O)O[C@@H](CCCCNC(=O)OCc1ccccc1)C(=O)N(Cc1cccs1)Cc1cccs1.N[C@@H](CCCCNC(=O)OCc1ccccc1)C(=O)O.O=C(NCCCC[C@H](O)C(=O)O)OCc1ccccc1.O=N[O-].[Na+]. The first-order valence-corrected chi connectivity index (χ1v) is 26.6. The summed E-state index contributed by atoms with van der Waals surface area (Å²) in [7, 11) is 0. The topological polar surface area (TPSA) is 335 Å². The van der Waals surface area contributed by atoms with Crippen molar-refractivity contribution in [2.75, 3.05) is 19.6 Å². The minimum atomic E-state index is -1.33. The first-order chi connectivity index (χ1) is 37.6. The van der Waals surface area contributed by atoms with Gasteiger partial charge in [-0.15, -0.1) is 28.0 Å². The number of carbonyl (C=O) groups is 7. The van der Waals surface area contributed by atoms with Crippen LogP contribution in [0.3, 0.4) is 0 Å². The number of carbonyl (C=O) groups excluding carboxylic acids is 5. The van der Waals surface area contributed by atoms with Gasteiger partial charge in [0, 0.05) is 36.3 Å². The van der Waals surface area contributed by atoms with E-state index in [-0.39, 0.29) is 61.7 Å². The van der Waals surface area contributed by atoms with Crippen LogP contribution in [0.5, 0.6) is 0 Å². The van der Waals surface area contributed by atoms with Gasteiger partial charge in [0.2, 0.25) is 0 Å². The predicted octanol–water partition coefficient (Wildman–Crippen LogP) is 5.65. The summed E-state index contributed by atoms with van der Waals surface area (Å²) in [6.45, 7) is 4.12. The number of nitrogens with one attached hydrogen (secondary N) is 3. The molecule has 2 heterocycles. The number of rotatable bonds is 29.